The van der Waals surface area contributed by atoms with E-state index in [0.717, 1.165) is 12.8 Å². The number of carbonyl (C=O) groups is 2. The van der Waals surface area contributed by atoms with E-state index in [4.69, 9.17) is 19.9 Å². The molecule has 1 aromatic carbocycles. The van der Waals surface area contributed by atoms with Gasteiger partial charge in [0.05, 0.1) is 18.8 Å². The van der Waals surface area contributed by atoms with Gasteiger partial charge >= 0.3 is 5.97 Å². The Hall–Kier alpha value is -2.24. The quantitative estimate of drug-likeness (QED) is 0.703. The second-order valence-corrected chi connectivity index (χ2v) is 4.40. The molecule has 0 spiro atoms. The molecule has 1 rings (SSSR count). The van der Waals surface area contributed by atoms with Crippen LogP contribution in [0.4, 0.5) is 0 Å². The number of rotatable bonds is 9. The summed E-state index contributed by atoms with van der Waals surface area (Å²) in [4.78, 5) is 22.4. The average molecular weight is 295 g/mol. The number of hydrogen-bond acceptors (Lipinski definition) is 5. The van der Waals surface area contributed by atoms with Crippen LogP contribution in [-0.4, -0.2) is 31.7 Å². The van der Waals surface area contributed by atoms with Crippen LogP contribution in [0.25, 0.3) is 0 Å². The van der Waals surface area contributed by atoms with E-state index in [1.54, 1.807) is 18.2 Å². The second-order valence-electron chi connectivity index (χ2n) is 4.40. The molecule has 116 valence electrons. The number of hydrogen-bond donors (Lipinski definition) is 1. The number of carbonyl (C=O) groups excluding carboxylic acids is 2. The average Bonchev–Trinajstić information content (AvgIpc) is 2.48. The fraction of sp³-hybridized carbons (Fsp3) is 0.467. The van der Waals surface area contributed by atoms with E-state index in [1.165, 1.54) is 0 Å². The maximum atomic E-state index is 11.8. The Morgan fingerprint density at radius 3 is 2.24 bits per heavy atom. The molecule has 0 aliphatic heterocycles. The monoisotopic (exact) mass is 295 g/mol. The van der Waals surface area contributed by atoms with Gasteiger partial charge in [-0.3, -0.25) is 4.79 Å². The smallest absolute Gasteiger partial charge is 0.338 e. The molecule has 0 aliphatic rings. The first kappa shape index (κ1) is 16.8. The van der Waals surface area contributed by atoms with Gasteiger partial charge in [0, 0.05) is 0 Å². The highest BCUT2D eigenvalue weighted by molar-refractivity contribution is 5.91. The van der Waals surface area contributed by atoms with Gasteiger partial charge in [-0.2, -0.15) is 0 Å². The summed E-state index contributed by atoms with van der Waals surface area (Å²) in [5.41, 5.74) is 5.22. The number of benzene rings is 1. The van der Waals surface area contributed by atoms with E-state index >= 15 is 0 Å². The molecule has 0 aliphatic carbocycles. The lowest BCUT2D eigenvalue weighted by molar-refractivity contribution is -0.121. The Labute approximate surface area is 124 Å². The summed E-state index contributed by atoms with van der Waals surface area (Å²) in [7, 11) is 0. The third-order valence-corrected chi connectivity index (χ3v) is 2.45. The molecule has 1 amide bonds. The van der Waals surface area contributed by atoms with Crippen molar-refractivity contribution < 1.29 is 23.8 Å². The zero-order valence-electron chi connectivity index (χ0n) is 12.4. The molecule has 0 bridgehead atoms. The molecular weight excluding hydrogens is 274 g/mol. The normalized spacial score (nSPS) is 10.0. The van der Waals surface area contributed by atoms with Crippen LogP contribution in [0.2, 0.25) is 0 Å². The summed E-state index contributed by atoms with van der Waals surface area (Å²) >= 11 is 0. The van der Waals surface area contributed by atoms with Gasteiger partial charge < -0.3 is 19.9 Å². The number of ether oxygens (including phenoxy) is 3. The largest absolute Gasteiger partial charge is 0.490 e. The van der Waals surface area contributed by atoms with Crippen LogP contribution in [0.3, 0.4) is 0 Å². The van der Waals surface area contributed by atoms with Crippen molar-refractivity contribution in [3.05, 3.63) is 23.8 Å². The summed E-state index contributed by atoms with van der Waals surface area (Å²) in [6, 6.07) is 4.76. The van der Waals surface area contributed by atoms with Crippen LogP contribution >= 0.6 is 0 Å². The molecule has 21 heavy (non-hydrogen) atoms. The Morgan fingerprint density at radius 1 is 1.05 bits per heavy atom. The molecule has 0 radical (unpaired) electrons. The van der Waals surface area contributed by atoms with Crippen molar-refractivity contribution in [3.63, 3.8) is 0 Å². The van der Waals surface area contributed by atoms with Gasteiger partial charge in [0.15, 0.2) is 18.1 Å². The van der Waals surface area contributed by atoms with E-state index in [-0.39, 0.29) is 5.56 Å². The highest BCUT2D eigenvalue weighted by Gasteiger charge is 2.13. The molecule has 0 saturated heterocycles. The zero-order valence-corrected chi connectivity index (χ0v) is 12.4. The highest BCUT2D eigenvalue weighted by Crippen LogP contribution is 2.29. The predicted molar refractivity (Wildman–Crippen MR) is 77.5 cm³/mol. The minimum atomic E-state index is -0.700. The lowest BCUT2D eigenvalue weighted by atomic mass is 10.2. The molecule has 6 heteroatoms. The lowest BCUT2D eigenvalue weighted by Gasteiger charge is -2.13. The van der Waals surface area contributed by atoms with Gasteiger partial charge in [-0.1, -0.05) is 13.8 Å². The third kappa shape index (κ3) is 5.72. The van der Waals surface area contributed by atoms with Crippen molar-refractivity contribution in [1.29, 1.82) is 0 Å². The van der Waals surface area contributed by atoms with Crippen molar-refractivity contribution >= 4 is 11.9 Å². The van der Waals surface area contributed by atoms with Crippen molar-refractivity contribution in [3.8, 4) is 11.5 Å². The van der Waals surface area contributed by atoms with Crippen LogP contribution in [0.1, 0.15) is 37.0 Å². The van der Waals surface area contributed by atoms with Gasteiger partial charge in [0.2, 0.25) is 0 Å². The molecule has 0 heterocycles. The van der Waals surface area contributed by atoms with Crippen molar-refractivity contribution in [2.24, 2.45) is 5.73 Å². The van der Waals surface area contributed by atoms with Gasteiger partial charge in [0.1, 0.15) is 0 Å². The molecule has 2 N–H and O–H groups in total. The van der Waals surface area contributed by atoms with E-state index in [9.17, 15) is 9.59 Å². The highest BCUT2D eigenvalue weighted by atomic mass is 16.5. The molecular formula is C15H21NO5. The molecule has 6 nitrogen and oxygen atoms in total. The topological polar surface area (TPSA) is 87.9 Å². The Kier molecular flexibility index (Phi) is 7.08. The first-order valence-electron chi connectivity index (χ1n) is 6.93. The summed E-state index contributed by atoms with van der Waals surface area (Å²) in [6.07, 6.45) is 1.71. The summed E-state index contributed by atoms with van der Waals surface area (Å²) in [5.74, 6) is -0.263. The molecule has 0 fully saturated rings. The number of amides is 1. The molecule has 0 atom stereocenters. The number of primary amides is 1. The number of nitrogens with two attached hydrogens (primary N) is 1. The molecule has 0 saturated carbocycles. The SMILES string of the molecule is CCCOc1ccc(C(=O)OCC(N)=O)cc1OCCC. The first-order valence-corrected chi connectivity index (χ1v) is 6.93. The summed E-state index contributed by atoms with van der Waals surface area (Å²) in [5, 5.41) is 0. The second kappa shape index (κ2) is 8.84. The molecule has 0 aromatic heterocycles. The van der Waals surface area contributed by atoms with Gasteiger partial charge in [-0.15, -0.1) is 0 Å². The zero-order chi connectivity index (χ0) is 15.7. The fourth-order valence-electron chi connectivity index (χ4n) is 1.51. The van der Waals surface area contributed by atoms with Crippen LogP contribution in [0.5, 0.6) is 11.5 Å². The Balaban J connectivity index is 2.86. The molecule has 1 aromatic rings. The van der Waals surface area contributed by atoms with Crippen LogP contribution in [0.15, 0.2) is 18.2 Å². The van der Waals surface area contributed by atoms with E-state index in [1.807, 2.05) is 13.8 Å². The minimum Gasteiger partial charge on any atom is -0.490 e. The van der Waals surface area contributed by atoms with E-state index in [2.05, 4.69) is 0 Å². The van der Waals surface area contributed by atoms with Crippen LogP contribution < -0.4 is 15.2 Å². The van der Waals surface area contributed by atoms with Gasteiger partial charge in [-0.25, -0.2) is 4.79 Å². The van der Waals surface area contributed by atoms with Crippen molar-refractivity contribution in [1.82, 2.24) is 0 Å². The fourth-order valence-corrected chi connectivity index (χ4v) is 1.51. The Bertz CT molecular complexity index is 487. The van der Waals surface area contributed by atoms with Gasteiger partial charge in [-0.05, 0) is 31.0 Å². The van der Waals surface area contributed by atoms with Crippen LogP contribution in [-0.2, 0) is 9.53 Å². The summed E-state index contributed by atoms with van der Waals surface area (Å²) in [6.45, 7) is 4.62. The third-order valence-electron chi connectivity index (χ3n) is 2.45. The first-order chi connectivity index (χ1) is 10.1. The minimum absolute atomic E-state index is 0.284. The maximum Gasteiger partial charge on any atom is 0.338 e. The van der Waals surface area contributed by atoms with E-state index < -0.39 is 18.5 Å². The standard InChI is InChI=1S/C15H21NO5/c1-3-7-19-12-6-5-11(9-13(12)20-8-4-2)15(18)21-10-14(16)17/h5-6,9H,3-4,7-8,10H2,1-2H3,(H2,16,17). The maximum absolute atomic E-state index is 11.8. The van der Waals surface area contributed by atoms with Crippen molar-refractivity contribution in [2.75, 3.05) is 19.8 Å². The number of esters is 1. The Morgan fingerprint density at radius 2 is 1.67 bits per heavy atom. The van der Waals surface area contributed by atoms with Gasteiger partial charge in [0.25, 0.3) is 5.91 Å². The van der Waals surface area contributed by atoms with Crippen molar-refractivity contribution in [2.45, 2.75) is 26.7 Å². The predicted octanol–water partition coefficient (Wildman–Crippen LogP) is 1.91. The van der Waals surface area contributed by atoms with E-state index in [0.29, 0.717) is 24.7 Å². The summed E-state index contributed by atoms with van der Waals surface area (Å²) < 4.78 is 15.9. The lowest BCUT2D eigenvalue weighted by Crippen LogP contribution is -2.21. The van der Waals surface area contributed by atoms with Crippen LogP contribution in [0, 0.1) is 0 Å². The molecule has 0 unspecified atom stereocenters.